The van der Waals surface area contributed by atoms with Gasteiger partial charge in [0.15, 0.2) is 0 Å². The maximum Gasteiger partial charge on any atom is 0.325 e. The predicted octanol–water partition coefficient (Wildman–Crippen LogP) is 1.29. The van der Waals surface area contributed by atoms with Crippen LogP contribution in [0.3, 0.4) is 0 Å². The summed E-state index contributed by atoms with van der Waals surface area (Å²) in [6.07, 6.45) is 1.18. The molecule has 1 aliphatic rings. The number of hydrogen-bond acceptors (Lipinski definition) is 6. The van der Waals surface area contributed by atoms with Crippen molar-refractivity contribution in [3.8, 4) is 0 Å². The van der Waals surface area contributed by atoms with E-state index in [0.717, 1.165) is 13.1 Å². The van der Waals surface area contributed by atoms with E-state index in [1.54, 1.807) is 25.1 Å². The molecule has 1 heterocycles. The quantitative estimate of drug-likeness (QED) is 0.581. The van der Waals surface area contributed by atoms with Crippen LogP contribution in [-0.4, -0.2) is 56.8 Å². The summed E-state index contributed by atoms with van der Waals surface area (Å²) in [5.41, 5.74) is 0. The molecule has 0 aromatic heterocycles. The zero-order valence-corrected chi connectivity index (χ0v) is 15.6. The molecule has 0 amide bonds. The van der Waals surface area contributed by atoms with Crippen LogP contribution in [0.15, 0.2) is 35.2 Å². The molecule has 1 aromatic rings. The lowest BCUT2D eigenvalue weighted by Crippen LogP contribution is -2.58. The van der Waals surface area contributed by atoms with Crippen LogP contribution in [0.1, 0.15) is 19.8 Å². The van der Waals surface area contributed by atoms with Gasteiger partial charge in [-0.2, -0.15) is 17.4 Å². The van der Waals surface area contributed by atoms with Gasteiger partial charge in [0.1, 0.15) is 6.04 Å². The zero-order chi connectivity index (χ0) is 17.8. The number of likely N-dealkylation sites (tertiary alicyclic amines) is 1. The largest absolute Gasteiger partial charge is 0.465 e. The first kappa shape index (κ1) is 19.2. The molecule has 0 aliphatic carbocycles. The van der Waals surface area contributed by atoms with E-state index in [1.165, 1.54) is 12.1 Å². The summed E-state index contributed by atoms with van der Waals surface area (Å²) in [4.78, 5) is 14.7. The van der Waals surface area contributed by atoms with Crippen molar-refractivity contribution in [2.24, 2.45) is 0 Å². The van der Waals surface area contributed by atoms with Crippen molar-refractivity contribution in [2.45, 2.75) is 35.4 Å². The molecule has 1 aromatic carbocycles. The molecule has 1 saturated heterocycles. The second-order valence-corrected chi connectivity index (χ2v) is 8.63. The average Bonchev–Trinajstić information content (AvgIpc) is 2.56. The van der Waals surface area contributed by atoms with Crippen molar-refractivity contribution in [3.05, 3.63) is 30.3 Å². The van der Waals surface area contributed by atoms with E-state index in [2.05, 4.69) is 22.3 Å². The molecule has 0 bridgehead atoms. The zero-order valence-electron chi connectivity index (χ0n) is 13.9. The van der Waals surface area contributed by atoms with Gasteiger partial charge < -0.3 is 9.64 Å². The molecule has 24 heavy (non-hydrogen) atoms. The Morgan fingerprint density at radius 3 is 2.46 bits per heavy atom. The molecule has 1 atom stereocenters. The number of piperidine rings is 1. The Bertz CT molecular complexity index is 656. The maximum atomic E-state index is 12.6. The number of nitrogens with zero attached hydrogens (tertiary/aromatic N) is 1. The van der Waals surface area contributed by atoms with Crippen LogP contribution in [-0.2, 0) is 19.6 Å². The number of esters is 1. The Kier molecular flexibility index (Phi) is 6.30. The smallest absolute Gasteiger partial charge is 0.325 e. The molecule has 0 radical (unpaired) electrons. The van der Waals surface area contributed by atoms with Crippen LogP contribution in [0.2, 0.25) is 0 Å². The van der Waals surface area contributed by atoms with E-state index in [4.69, 9.17) is 4.74 Å². The second kappa shape index (κ2) is 7.86. The van der Waals surface area contributed by atoms with E-state index in [-0.39, 0.29) is 11.5 Å². The highest BCUT2D eigenvalue weighted by Gasteiger charge is 2.45. The summed E-state index contributed by atoms with van der Waals surface area (Å²) in [7, 11) is -1.85. The lowest BCUT2D eigenvalue weighted by Gasteiger charge is -2.41. The number of rotatable bonds is 6. The normalized spacial score (nSPS) is 19.6. The van der Waals surface area contributed by atoms with Gasteiger partial charge in [-0.15, -0.1) is 0 Å². The monoisotopic (exact) mass is 372 g/mol. The third-order valence-corrected chi connectivity index (χ3v) is 6.38. The van der Waals surface area contributed by atoms with Crippen molar-refractivity contribution in [2.75, 3.05) is 26.7 Å². The molecule has 0 spiro atoms. The van der Waals surface area contributed by atoms with Gasteiger partial charge in [-0.05, 0) is 52.0 Å². The Balaban J connectivity index is 2.28. The highest BCUT2D eigenvalue weighted by Crippen LogP contribution is 2.33. The van der Waals surface area contributed by atoms with Gasteiger partial charge in [0.05, 0.1) is 11.5 Å². The minimum Gasteiger partial charge on any atom is -0.465 e. The fourth-order valence-corrected chi connectivity index (χ4v) is 4.46. The Morgan fingerprint density at radius 2 is 1.92 bits per heavy atom. The highest BCUT2D eigenvalue weighted by atomic mass is 32.2. The van der Waals surface area contributed by atoms with Crippen molar-refractivity contribution < 1.29 is 17.9 Å². The molecular weight excluding hydrogens is 348 g/mol. The number of carbonyl (C=O) groups excluding carboxylic acids is 1. The molecular formula is C16H24N2O4S2. The number of carbonyl (C=O) groups is 1. The Labute approximate surface area is 149 Å². The average molecular weight is 373 g/mol. The summed E-state index contributed by atoms with van der Waals surface area (Å²) in [5, 5.41) is 0. The number of hydrogen-bond donors (Lipinski definition) is 2. The van der Waals surface area contributed by atoms with Gasteiger partial charge in [0.25, 0.3) is 0 Å². The predicted molar refractivity (Wildman–Crippen MR) is 95.6 cm³/mol. The number of thiol groups is 1. The SMILES string of the molecule is CCOC(=O)[C@H](NS(=O)(=O)c1ccccc1)C1(S)CCN(C)CC1. The second-order valence-electron chi connectivity index (χ2n) is 6.03. The van der Waals surface area contributed by atoms with E-state index in [9.17, 15) is 13.2 Å². The van der Waals surface area contributed by atoms with Crippen LogP contribution < -0.4 is 4.72 Å². The van der Waals surface area contributed by atoms with Crippen molar-refractivity contribution in [3.63, 3.8) is 0 Å². The minimum absolute atomic E-state index is 0.115. The van der Waals surface area contributed by atoms with Crippen molar-refractivity contribution in [1.82, 2.24) is 9.62 Å². The Hall–Kier alpha value is -1.09. The third-order valence-electron chi connectivity index (χ3n) is 4.24. The van der Waals surface area contributed by atoms with Crippen molar-refractivity contribution >= 4 is 28.6 Å². The molecule has 1 aliphatic heterocycles. The van der Waals surface area contributed by atoms with E-state index < -0.39 is 26.8 Å². The number of benzene rings is 1. The first-order chi connectivity index (χ1) is 11.3. The summed E-state index contributed by atoms with van der Waals surface area (Å²) in [5.74, 6) is -0.587. The summed E-state index contributed by atoms with van der Waals surface area (Å²) in [6, 6.07) is 6.97. The summed E-state index contributed by atoms with van der Waals surface area (Å²) in [6.45, 7) is 3.37. The lowest BCUT2D eigenvalue weighted by molar-refractivity contribution is -0.146. The van der Waals surface area contributed by atoms with Gasteiger partial charge in [0.2, 0.25) is 10.0 Å². The van der Waals surface area contributed by atoms with Gasteiger partial charge >= 0.3 is 5.97 Å². The fraction of sp³-hybridized carbons (Fsp3) is 0.562. The molecule has 2 rings (SSSR count). The third kappa shape index (κ3) is 4.50. The topological polar surface area (TPSA) is 75.7 Å². The molecule has 0 unspecified atom stereocenters. The van der Waals surface area contributed by atoms with Gasteiger partial charge in [-0.3, -0.25) is 4.79 Å². The van der Waals surface area contributed by atoms with E-state index >= 15 is 0 Å². The van der Waals surface area contributed by atoms with Gasteiger partial charge in [0, 0.05) is 4.75 Å². The summed E-state index contributed by atoms with van der Waals surface area (Å²) >= 11 is 4.69. The summed E-state index contributed by atoms with van der Waals surface area (Å²) < 4.78 is 32.1. The van der Waals surface area contributed by atoms with Crippen LogP contribution in [0.25, 0.3) is 0 Å². The van der Waals surface area contributed by atoms with Crippen molar-refractivity contribution in [1.29, 1.82) is 0 Å². The number of nitrogens with one attached hydrogen (secondary N) is 1. The van der Waals surface area contributed by atoms with Gasteiger partial charge in [-0.1, -0.05) is 18.2 Å². The van der Waals surface area contributed by atoms with Crippen LogP contribution in [0.5, 0.6) is 0 Å². The standard InChI is InChI=1S/C16H24N2O4S2/c1-3-22-15(19)14(16(23)9-11-18(2)12-10-16)17-24(20,21)13-7-5-4-6-8-13/h4-8,14,17,23H,3,9-12H2,1-2H3/t14-/m0/s1. The molecule has 6 nitrogen and oxygen atoms in total. The highest BCUT2D eigenvalue weighted by molar-refractivity contribution is 7.89. The van der Waals surface area contributed by atoms with Crippen LogP contribution in [0, 0.1) is 0 Å². The van der Waals surface area contributed by atoms with E-state index in [1.807, 2.05) is 7.05 Å². The van der Waals surface area contributed by atoms with Crippen LogP contribution >= 0.6 is 12.6 Å². The Morgan fingerprint density at radius 1 is 1.33 bits per heavy atom. The molecule has 134 valence electrons. The minimum atomic E-state index is -3.84. The van der Waals surface area contributed by atoms with Gasteiger partial charge in [-0.25, -0.2) is 8.42 Å². The molecule has 0 saturated carbocycles. The van der Waals surface area contributed by atoms with E-state index in [0.29, 0.717) is 12.8 Å². The first-order valence-electron chi connectivity index (χ1n) is 7.93. The molecule has 8 heteroatoms. The fourth-order valence-electron chi connectivity index (χ4n) is 2.72. The molecule has 1 fully saturated rings. The molecule has 1 N–H and O–H groups in total. The van der Waals surface area contributed by atoms with Crippen LogP contribution in [0.4, 0.5) is 0 Å². The lowest BCUT2D eigenvalue weighted by atomic mass is 9.89. The first-order valence-corrected chi connectivity index (χ1v) is 9.86. The number of sulfonamides is 1. The maximum absolute atomic E-state index is 12.6. The number of ether oxygens (including phenoxy) is 1.